The Labute approximate surface area is 80.2 Å². The van der Waals surface area contributed by atoms with E-state index in [4.69, 9.17) is 5.73 Å². The number of rotatable bonds is 3. The van der Waals surface area contributed by atoms with E-state index in [2.05, 4.69) is 27.7 Å². The van der Waals surface area contributed by atoms with E-state index in [0.717, 1.165) is 0 Å². The number of halogens is 1. The standard InChI is InChI=1S/C11H20FN/c1-6(2)7(3)8(4)11-9(12)5-10(11)13/h5-8,10-11H,13H2,1-4H3/t7-,8?,10?,11+/m0/s1. The molecule has 1 aliphatic carbocycles. The Hall–Kier alpha value is -0.370. The van der Waals surface area contributed by atoms with Crippen LogP contribution in [0.5, 0.6) is 0 Å². The molecular weight excluding hydrogens is 165 g/mol. The van der Waals surface area contributed by atoms with E-state index in [1.165, 1.54) is 6.08 Å². The van der Waals surface area contributed by atoms with E-state index >= 15 is 0 Å². The average molecular weight is 185 g/mol. The summed E-state index contributed by atoms with van der Waals surface area (Å²) in [6.45, 7) is 8.62. The highest BCUT2D eigenvalue weighted by Gasteiger charge is 2.37. The van der Waals surface area contributed by atoms with Crippen molar-refractivity contribution in [3.05, 3.63) is 11.9 Å². The number of hydrogen-bond donors (Lipinski definition) is 1. The zero-order valence-electron chi connectivity index (χ0n) is 8.92. The minimum Gasteiger partial charge on any atom is -0.324 e. The van der Waals surface area contributed by atoms with Crippen molar-refractivity contribution in [3.63, 3.8) is 0 Å². The molecule has 0 aliphatic heterocycles. The molecule has 1 aliphatic rings. The third kappa shape index (κ3) is 1.93. The Kier molecular flexibility index (Phi) is 3.12. The van der Waals surface area contributed by atoms with Crippen LogP contribution in [0.25, 0.3) is 0 Å². The summed E-state index contributed by atoms with van der Waals surface area (Å²) in [4.78, 5) is 0. The van der Waals surface area contributed by atoms with E-state index in [1.807, 2.05) is 0 Å². The quantitative estimate of drug-likeness (QED) is 0.718. The lowest BCUT2D eigenvalue weighted by molar-refractivity contribution is 0.180. The van der Waals surface area contributed by atoms with E-state index in [9.17, 15) is 4.39 Å². The van der Waals surface area contributed by atoms with Crippen LogP contribution < -0.4 is 5.73 Å². The summed E-state index contributed by atoms with van der Waals surface area (Å²) in [5.41, 5.74) is 5.74. The van der Waals surface area contributed by atoms with Gasteiger partial charge in [-0.25, -0.2) is 4.39 Å². The first kappa shape index (κ1) is 10.7. The molecule has 0 saturated heterocycles. The van der Waals surface area contributed by atoms with Crippen LogP contribution in [0.3, 0.4) is 0 Å². The highest BCUT2D eigenvalue weighted by Crippen LogP contribution is 2.39. The Balaban J connectivity index is 2.59. The SMILES string of the molecule is CC(C)[C@H](C)C(C)[C@@H]1C(F)=CC1N. The summed E-state index contributed by atoms with van der Waals surface area (Å²) in [6, 6.07) is -0.0591. The normalized spacial score (nSPS) is 32.4. The molecule has 13 heavy (non-hydrogen) atoms. The average Bonchev–Trinajstić information content (AvgIpc) is 2.02. The molecule has 4 atom stereocenters. The maximum atomic E-state index is 13.1. The van der Waals surface area contributed by atoms with Crippen LogP contribution in [0.2, 0.25) is 0 Å². The van der Waals surface area contributed by atoms with Gasteiger partial charge in [-0.1, -0.05) is 27.7 Å². The van der Waals surface area contributed by atoms with Gasteiger partial charge in [-0.3, -0.25) is 0 Å². The van der Waals surface area contributed by atoms with Crippen molar-refractivity contribution in [1.29, 1.82) is 0 Å². The van der Waals surface area contributed by atoms with Crippen molar-refractivity contribution in [2.75, 3.05) is 0 Å². The molecule has 0 aromatic carbocycles. The highest BCUT2D eigenvalue weighted by atomic mass is 19.1. The maximum Gasteiger partial charge on any atom is 0.103 e. The fourth-order valence-electron chi connectivity index (χ4n) is 2.00. The van der Waals surface area contributed by atoms with Crippen LogP contribution in [0.15, 0.2) is 11.9 Å². The van der Waals surface area contributed by atoms with Gasteiger partial charge in [0.25, 0.3) is 0 Å². The summed E-state index contributed by atoms with van der Waals surface area (Å²) in [7, 11) is 0. The van der Waals surface area contributed by atoms with Gasteiger partial charge in [0.05, 0.1) is 0 Å². The third-order valence-electron chi connectivity index (χ3n) is 3.53. The fraction of sp³-hybridized carbons (Fsp3) is 0.818. The summed E-state index contributed by atoms with van der Waals surface area (Å²) in [5, 5.41) is 0. The molecule has 0 aromatic heterocycles. The van der Waals surface area contributed by atoms with Gasteiger partial charge in [-0.2, -0.15) is 0 Å². The molecule has 76 valence electrons. The fourth-order valence-corrected chi connectivity index (χ4v) is 2.00. The molecule has 0 bridgehead atoms. The first-order valence-electron chi connectivity index (χ1n) is 5.08. The van der Waals surface area contributed by atoms with Crippen molar-refractivity contribution < 1.29 is 4.39 Å². The van der Waals surface area contributed by atoms with Crippen LogP contribution >= 0.6 is 0 Å². The Morgan fingerprint density at radius 3 is 2.15 bits per heavy atom. The molecule has 2 N–H and O–H groups in total. The first-order chi connectivity index (χ1) is 5.95. The molecule has 0 amide bonds. The van der Waals surface area contributed by atoms with Gasteiger partial charge in [-0.15, -0.1) is 0 Å². The van der Waals surface area contributed by atoms with Gasteiger partial charge in [0.1, 0.15) is 5.83 Å². The lowest BCUT2D eigenvalue weighted by Gasteiger charge is -2.37. The number of hydrogen-bond acceptors (Lipinski definition) is 1. The summed E-state index contributed by atoms with van der Waals surface area (Å²) < 4.78 is 13.1. The zero-order valence-corrected chi connectivity index (χ0v) is 8.92. The van der Waals surface area contributed by atoms with Crippen molar-refractivity contribution in [3.8, 4) is 0 Å². The van der Waals surface area contributed by atoms with Crippen LogP contribution in [0, 0.1) is 23.7 Å². The molecule has 0 fully saturated rings. The largest absolute Gasteiger partial charge is 0.324 e. The van der Waals surface area contributed by atoms with Crippen LogP contribution in [0.1, 0.15) is 27.7 Å². The van der Waals surface area contributed by atoms with Gasteiger partial charge in [0.15, 0.2) is 0 Å². The lowest BCUT2D eigenvalue weighted by Crippen LogP contribution is -2.42. The first-order valence-corrected chi connectivity index (χ1v) is 5.08. The second kappa shape index (κ2) is 3.79. The van der Waals surface area contributed by atoms with Gasteiger partial charge >= 0.3 is 0 Å². The molecule has 2 unspecified atom stereocenters. The summed E-state index contributed by atoms with van der Waals surface area (Å²) in [6.07, 6.45) is 1.52. The van der Waals surface area contributed by atoms with Crippen LogP contribution in [-0.2, 0) is 0 Å². The number of nitrogens with two attached hydrogens (primary N) is 1. The van der Waals surface area contributed by atoms with E-state index in [0.29, 0.717) is 17.8 Å². The van der Waals surface area contributed by atoms with E-state index in [1.54, 1.807) is 0 Å². The predicted octanol–water partition coefficient (Wildman–Crippen LogP) is 2.73. The maximum absolute atomic E-state index is 13.1. The monoisotopic (exact) mass is 185 g/mol. The molecule has 2 heteroatoms. The van der Waals surface area contributed by atoms with Gasteiger partial charge in [0.2, 0.25) is 0 Å². The van der Waals surface area contributed by atoms with Crippen molar-refractivity contribution >= 4 is 0 Å². The molecule has 1 nitrogen and oxygen atoms in total. The molecule has 0 heterocycles. The molecule has 0 saturated carbocycles. The van der Waals surface area contributed by atoms with Gasteiger partial charge in [0, 0.05) is 12.0 Å². The van der Waals surface area contributed by atoms with E-state index in [-0.39, 0.29) is 17.8 Å². The summed E-state index contributed by atoms with van der Waals surface area (Å²) in [5.74, 6) is 1.43. The van der Waals surface area contributed by atoms with E-state index < -0.39 is 0 Å². The minimum absolute atomic E-state index is 0.00694. The second-order valence-corrected chi connectivity index (χ2v) is 4.62. The summed E-state index contributed by atoms with van der Waals surface area (Å²) >= 11 is 0. The molecule has 1 rings (SSSR count). The zero-order chi connectivity index (χ0) is 10.2. The van der Waals surface area contributed by atoms with Crippen molar-refractivity contribution in [1.82, 2.24) is 0 Å². The smallest absolute Gasteiger partial charge is 0.103 e. The second-order valence-electron chi connectivity index (χ2n) is 4.62. The predicted molar refractivity (Wildman–Crippen MR) is 53.8 cm³/mol. The molecule has 0 aromatic rings. The molecular formula is C11H20FN. The highest BCUT2D eigenvalue weighted by molar-refractivity contribution is 5.20. The minimum atomic E-state index is -0.0591. The topological polar surface area (TPSA) is 26.0 Å². The van der Waals surface area contributed by atoms with Crippen molar-refractivity contribution in [2.45, 2.75) is 33.7 Å². The Morgan fingerprint density at radius 2 is 1.85 bits per heavy atom. The molecule has 0 spiro atoms. The third-order valence-corrected chi connectivity index (χ3v) is 3.53. The van der Waals surface area contributed by atoms with Gasteiger partial charge < -0.3 is 5.73 Å². The van der Waals surface area contributed by atoms with Crippen molar-refractivity contribution in [2.24, 2.45) is 29.4 Å². The Morgan fingerprint density at radius 1 is 1.31 bits per heavy atom. The molecule has 0 radical (unpaired) electrons. The Bertz CT molecular complexity index is 210. The van der Waals surface area contributed by atoms with Crippen LogP contribution in [0.4, 0.5) is 4.39 Å². The van der Waals surface area contributed by atoms with Crippen LogP contribution in [-0.4, -0.2) is 6.04 Å². The van der Waals surface area contributed by atoms with Gasteiger partial charge in [-0.05, 0) is 23.8 Å². The lowest BCUT2D eigenvalue weighted by atomic mass is 9.70.